The number of likely N-dealkylation sites (N-methyl/N-ethyl adjacent to an activating group) is 1. The molecule has 4 rings (SSSR count). The van der Waals surface area contributed by atoms with Gasteiger partial charge < -0.3 is 20.0 Å². The molecule has 44 heavy (non-hydrogen) atoms. The van der Waals surface area contributed by atoms with Gasteiger partial charge >= 0.3 is 0 Å². The Bertz CT molecular complexity index is 1340. The van der Waals surface area contributed by atoms with Gasteiger partial charge in [0.25, 0.3) is 0 Å². The number of piperazine rings is 1. The van der Waals surface area contributed by atoms with Crippen LogP contribution in [-0.4, -0.2) is 105 Å². The number of thioether (sulfide) groups is 2. The SMILES string of the molecule is C=N/C(=C(OC)\C(N=C1CC(C)NN1)=N/CSc1ccc(SCc2cccc(F)c2F)cc1)N1CCN(CCN(C)C)CC1. The number of nitrogens with one attached hydrogen (secondary N) is 2. The van der Waals surface area contributed by atoms with Crippen molar-refractivity contribution in [3.05, 3.63) is 71.2 Å². The number of ether oxygens (including phenoxy) is 1. The molecule has 0 radical (unpaired) electrons. The van der Waals surface area contributed by atoms with Gasteiger partial charge in [-0.05, 0) is 58.1 Å². The molecule has 2 aromatic carbocycles. The van der Waals surface area contributed by atoms with E-state index in [4.69, 9.17) is 14.7 Å². The number of amidine groups is 2. The molecular weight excluding hydrogens is 603 g/mol. The molecule has 2 saturated heterocycles. The van der Waals surface area contributed by atoms with Crippen LogP contribution in [0.2, 0.25) is 0 Å². The summed E-state index contributed by atoms with van der Waals surface area (Å²) < 4.78 is 33.4. The minimum atomic E-state index is -0.824. The summed E-state index contributed by atoms with van der Waals surface area (Å²) in [5, 5.41) is 0. The summed E-state index contributed by atoms with van der Waals surface area (Å²) in [6, 6.07) is 12.5. The largest absolute Gasteiger partial charge is 0.490 e. The minimum absolute atomic E-state index is 0.250. The first-order valence-electron chi connectivity index (χ1n) is 14.6. The van der Waals surface area contributed by atoms with Gasteiger partial charge in [0.2, 0.25) is 5.76 Å². The number of hydrogen-bond donors (Lipinski definition) is 2. The monoisotopic (exact) mass is 644 g/mol. The topological polar surface area (TPSA) is 80.1 Å². The predicted molar refractivity (Wildman–Crippen MR) is 178 cm³/mol. The van der Waals surface area contributed by atoms with E-state index in [1.165, 1.54) is 17.8 Å². The fraction of sp³-hybridized carbons (Fsp3) is 0.452. The minimum Gasteiger partial charge on any atom is -0.490 e. The molecule has 1 unspecified atom stereocenters. The second-order valence-corrected chi connectivity index (χ2v) is 12.9. The van der Waals surface area contributed by atoms with Crippen molar-refractivity contribution in [2.75, 3.05) is 66.4 Å². The molecule has 1 atom stereocenters. The zero-order valence-corrected chi connectivity index (χ0v) is 27.5. The quantitative estimate of drug-likeness (QED) is 0.141. The highest BCUT2D eigenvalue weighted by atomic mass is 32.2. The lowest BCUT2D eigenvalue weighted by atomic mass is 10.2. The van der Waals surface area contributed by atoms with Crippen LogP contribution in [0, 0.1) is 11.6 Å². The van der Waals surface area contributed by atoms with Gasteiger partial charge in [-0.2, -0.15) is 0 Å². The molecule has 0 spiro atoms. The van der Waals surface area contributed by atoms with Crippen molar-refractivity contribution in [2.45, 2.75) is 34.9 Å². The van der Waals surface area contributed by atoms with Crippen LogP contribution >= 0.6 is 23.5 Å². The third-order valence-corrected chi connectivity index (χ3v) is 9.12. The number of nitrogens with zero attached hydrogens (tertiary/aromatic N) is 6. The number of hydrazine groups is 1. The average molecular weight is 645 g/mol. The van der Waals surface area contributed by atoms with E-state index in [-0.39, 0.29) is 6.04 Å². The number of rotatable bonds is 13. The second-order valence-electron chi connectivity index (χ2n) is 10.8. The normalized spacial score (nSPS) is 19.3. The Morgan fingerprint density at radius 1 is 1.07 bits per heavy atom. The molecule has 238 valence electrons. The molecule has 2 aliphatic rings. The highest BCUT2D eigenvalue weighted by Gasteiger charge is 2.25. The lowest BCUT2D eigenvalue weighted by molar-refractivity contribution is 0.143. The Morgan fingerprint density at radius 3 is 2.39 bits per heavy atom. The first kappa shape index (κ1) is 33.9. The van der Waals surface area contributed by atoms with Crippen molar-refractivity contribution in [2.24, 2.45) is 15.0 Å². The standard InChI is InChI=1S/C31H42F2N8OS2/c1-22-19-27(38-37-22)36-30(29(42-5)31(34-2)41-17-15-40(16-18-41)14-13-39(3)4)35-21-44-25-11-9-24(10-12-25)43-20-23-7-6-8-26(32)28(23)33/h6-12,22,37H,2,13-21H2,1,3-5H3,(H,35,36,38)/b31-29-. The Kier molecular flexibility index (Phi) is 13.0. The van der Waals surface area contributed by atoms with Gasteiger partial charge in [0.15, 0.2) is 23.3 Å². The molecule has 13 heteroatoms. The van der Waals surface area contributed by atoms with Gasteiger partial charge in [-0.1, -0.05) is 12.1 Å². The van der Waals surface area contributed by atoms with Crippen LogP contribution < -0.4 is 10.9 Å². The van der Waals surface area contributed by atoms with Gasteiger partial charge in [0.1, 0.15) is 5.84 Å². The van der Waals surface area contributed by atoms with Crippen molar-refractivity contribution < 1.29 is 13.5 Å². The van der Waals surface area contributed by atoms with Gasteiger partial charge in [0, 0.05) is 72.8 Å². The van der Waals surface area contributed by atoms with E-state index in [9.17, 15) is 8.78 Å². The van der Waals surface area contributed by atoms with Crippen LogP contribution in [0.3, 0.4) is 0 Å². The maximum atomic E-state index is 14.0. The summed E-state index contributed by atoms with van der Waals surface area (Å²) >= 11 is 3.02. The first-order chi connectivity index (χ1) is 21.3. The maximum Gasteiger partial charge on any atom is 0.206 e. The fourth-order valence-corrected chi connectivity index (χ4v) is 6.24. The molecular formula is C31H42F2N8OS2. The van der Waals surface area contributed by atoms with Crippen molar-refractivity contribution in [1.82, 2.24) is 25.6 Å². The van der Waals surface area contributed by atoms with Crippen LogP contribution in [0.1, 0.15) is 18.9 Å². The molecule has 2 heterocycles. The van der Waals surface area contributed by atoms with Crippen LogP contribution in [0.15, 0.2) is 78.8 Å². The summed E-state index contributed by atoms with van der Waals surface area (Å²) in [6.07, 6.45) is 0.739. The molecule has 0 aliphatic carbocycles. The summed E-state index contributed by atoms with van der Waals surface area (Å²) in [5.74, 6) is 1.52. The van der Waals surface area contributed by atoms with E-state index in [2.05, 4.69) is 58.3 Å². The fourth-order valence-electron chi connectivity index (χ4n) is 4.70. The average Bonchev–Trinajstić information content (AvgIpc) is 3.44. The van der Waals surface area contributed by atoms with E-state index in [1.807, 2.05) is 24.3 Å². The highest BCUT2D eigenvalue weighted by Crippen LogP contribution is 2.28. The van der Waals surface area contributed by atoms with Crippen LogP contribution in [0.25, 0.3) is 0 Å². The molecule has 0 aromatic heterocycles. The summed E-state index contributed by atoms with van der Waals surface area (Å²) in [6.45, 7) is 11.5. The van der Waals surface area contributed by atoms with Gasteiger partial charge in [-0.25, -0.2) is 24.2 Å². The lowest BCUT2D eigenvalue weighted by Crippen LogP contribution is -2.47. The molecule has 2 fully saturated rings. The third kappa shape index (κ3) is 9.77. The molecule has 2 aromatic rings. The summed E-state index contributed by atoms with van der Waals surface area (Å²) in [4.78, 5) is 22.9. The third-order valence-electron chi connectivity index (χ3n) is 7.19. The van der Waals surface area contributed by atoms with E-state index in [0.29, 0.717) is 34.6 Å². The molecule has 0 saturated carbocycles. The molecule has 2 N–H and O–H groups in total. The van der Waals surface area contributed by atoms with Gasteiger partial charge in [-0.3, -0.25) is 9.89 Å². The van der Waals surface area contributed by atoms with Gasteiger partial charge in [0.05, 0.1) is 13.0 Å². The van der Waals surface area contributed by atoms with Crippen molar-refractivity contribution in [3.63, 3.8) is 0 Å². The molecule has 2 aliphatic heterocycles. The van der Waals surface area contributed by atoms with E-state index in [1.54, 1.807) is 24.9 Å². The first-order valence-corrected chi connectivity index (χ1v) is 16.5. The molecule has 0 amide bonds. The van der Waals surface area contributed by atoms with Crippen LogP contribution in [0.4, 0.5) is 8.78 Å². The Labute approximate surface area is 267 Å². The van der Waals surface area contributed by atoms with Crippen molar-refractivity contribution >= 4 is 41.9 Å². The smallest absolute Gasteiger partial charge is 0.206 e. The number of benzene rings is 2. The van der Waals surface area contributed by atoms with Crippen molar-refractivity contribution in [1.29, 1.82) is 0 Å². The number of methoxy groups -OCH3 is 1. The van der Waals surface area contributed by atoms with E-state index >= 15 is 0 Å². The molecule has 0 bridgehead atoms. The second kappa shape index (κ2) is 16.9. The highest BCUT2D eigenvalue weighted by molar-refractivity contribution is 7.99. The lowest BCUT2D eigenvalue weighted by Gasteiger charge is -2.36. The summed E-state index contributed by atoms with van der Waals surface area (Å²) in [5.41, 5.74) is 6.67. The van der Waals surface area contributed by atoms with E-state index in [0.717, 1.165) is 67.4 Å². The molecule has 9 nitrogen and oxygen atoms in total. The van der Waals surface area contributed by atoms with Gasteiger partial charge in [-0.15, -0.1) is 23.5 Å². The Balaban J connectivity index is 1.45. The van der Waals surface area contributed by atoms with Crippen molar-refractivity contribution in [3.8, 4) is 0 Å². The number of hydrogen-bond acceptors (Lipinski definition) is 9. The number of aliphatic imine (C=N–C) groups is 3. The number of halogens is 2. The zero-order chi connectivity index (χ0) is 31.5. The maximum absolute atomic E-state index is 14.0. The Morgan fingerprint density at radius 2 is 1.77 bits per heavy atom. The zero-order valence-electron chi connectivity index (χ0n) is 25.9. The predicted octanol–water partition coefficient (Wildman–Crippen LogP) is 4.69. The van der Waals surface area contributed by atoms with E-state index < -0.39 is 11.6 Å². The summed E-state index contributed by atoms with van der Waals surface area (Å²) in [7, 11) is 5.80. The Hall–Kier alpha value is -2.97. The van der Waals surface area contributed by atoms with Crippen LogP contribution in [0.5, 0.6) is 0 Å². The van der Waals surface area contributed by atoms with Crippen LogP contribution in [-0.2, 0) is 10.5 Å².